The molecule has 0 fully saturated rings. The third kappa shape index (κ3) is 17.0. The van der Waals surface area contributed by atoms with Crippen molar-refractivity contribution < 1.29 is 9.84 Å². The zero-order chi connectivity index (χ0) is 6.83. The number of ether oxygens (including phenoxy) is 1. The summed E-state index contributed by atoms with van der Waals surface area (Å²) in [6.45, 7) is 3.20. The highest BCUT2D eigenvalue weighted by atomic mass is 16.5. The van der Waals surface area contributed by atoms with Gasteiger partial charge < -0.3 is 9.84 Å². The van der Waals surface area contributed by atoms with E-state index in [1.165, 1.54) is 0 Å². The molecule has 0 atom stereocenters. The van der Waals surface area contributed by atoms with Gasteiger partial charge in [-0.15, -0.1) is 0 Å². The first kappa shape index (κ1) is 10.8. The van der Waals surface area contributed by atoms with Crippen LogP contribution in [0.25, 0.3) is 0 Å². The van der Waals surface area contributed by atoms with Crippen molar-refractivity contribution in [2.75, 3.05) is 19.8 Å². The van der Waals surface area contributed by atoms with Crippen LogP contribution in [-0.4, -0.2) is 24.9 Å². The summed E-state index contributed by atoms with van der Waals surface area (Å²) in [4.78, 5) is 0. The van der Waals surface area contributed by atoms with Crippen LogP contribution in [0.3, 0.4) is 0 Å². The molecule has 0 aliphatic carbocycles. The molecule has 0 unspecified atom stereocenters. The van der Waals surface area contributed by atoms with E-state index in [1.807, 2.05) is 6.92 Å². The Bertz CT molecular complexity index is 24.0. The van der Waals surface area contributed by atoms with E-state index in [2.05, 4.69) is 11.7 Å². The summed E-state index contributed by atoms with van der Waals surface area (Å²) in [5.41, 5.74) is 0. The van der Waals surface area contributed by atoms with Crippen LogP contribution in [0.5, 0.6) is 0 Å². The lowest BCUT2D eigenvalue weighted by Crippen LogP contribution is -2.02. The van der Waals surface area contributed by atoms with Gasteiger partial charge in [0.2, 0.25) is 0 Å². The molecule has 4 nitrogen and oxygen atoms in total. The van der Waals surface area contributed by atoms with E-state index in [1.54, 1.807) is 0 Å². The van der Waals surface area contributed by atoms with Gasteiger partial charge in [-0.2, -0.15) is 0 Å². The zero-order valence-corrected chi connectivity index (χ0v) is 5.13. The number of aliphatic hydroxyl groups is 1. The fraction of sp³-hybridized carbons (Fsp3) is 1.00. The molecule has 0 aliphatic heterocycles. The highest BCUT2D eigenvalue weighted by molar-refractivity contribution is 4.18. The van der Waals surface area contributed by atoms with Gasteiger partial charge in [0.1, 0.15) is 0 Å². The van der Waals surface area contributed by atoms with Crippen molar-refractivity contribution in [2.24, 2.45) is 11.7 Å². The van der Waals surface area contributed by atoms with Gasteiger partial charge in [-0.25, -0.2) is 0 Å². The second-order valence-electron chi connectivity index (χ2n) is 0.921. The molecule has 0 amide bonds. The van der Waals surface area contributed by atoms with Gasteiger partial charge in [-0.05, 0) is 6.92 Å². The Labute approximate surface area is 49.4 Å². The molecule has 5 N–H and O–H groups in total. The van der Waals surface area contributed by atoms with E-state index in [-0.39, 0.29) is 6.61 Å². The Balaban J connectivity index is 0. The predicted molar refractivity (Wildman–Crippen MR) is 32.0 cm³/mol. The summed E-state index contributed by atoms with van der Waals surface area (Å²) in [6.07, 6.45) is 0. The molecule has 0 bridgehead atoms. The third-order valence-corrected chi connectivity index (χ3v) is 0.440. The maximum Gasteiger partial charge on any atom is 0.0697 e. The minimum absolute atomic E-state index is 0.133. The van der Waals surface area contributed by atoms with Gasteiger partial charge in [0.15, 0.2) is 0 Å². The van der Waals surface area contributed by atoms with Crippen LogP contribution in [-0.2, 0) is 4.74 Å². The molecule has 4 heteroatoms. The van der Waals surface area contributed by atoms with Gasteiger partial charge >= 0.3 is 0 Å². The molecular formula is C4H14N2O2. The topological polar surface area (TPSA) is 81.5 Å². The van der Waals surface area contributed by atoms with Crippen LogP contribution in [0.2, 0.25) is 0 Å². The molecule has 0 rings (SSSR count). The molecule has 0 aromatic rings. The van der Waals surface area contributed by atoms with Crippen molar-refractivity contribution >= 4 is 0 Å². The average Bonchev–Trinajstić information content (AvgIpc) is 1.88. The first-order valence-electron chi connectivity index (χ1n) is 2.43. The van der Waals surface area contributed by atoms with Crippen molar-refractivity contribution in [3.63, 3.8) is 0 Å². The number of aliphatic hydroxyl groups excluding tert-OH is 1. The van der Waals surface area contributed by atoms with E-state index in [4.69, 9.17) is 9.84 Å². The Morgan fingerprint density at radius 3 is 2.12 bits per heavy atom. The SMILES string of the molecule is CCOCCO.NN. The zero-order valence-electron chi connectivity index (χ0n) is 5.13. The number of hydrogen-bond acceptors (Lipinski definition) is 4. The Morgan fingerprint density at radius 1 is 1.50 bits per heavy atom. The van der Waals surface area contributed by atoms with E-state index in [9.17, 15) is 0 Å². The predicted octanol–water partition coefficient (Wildman–Crippen LogP) is -1.17. The van der Waals surface area contributed by atoms with Gasteiger partial charge in [0, 0.05) is 6.61 Å². The molecule has 0 heterocycles. The van der Waals surface area contributed by atoms with Gasteiger partial charge in [0.05, 0.1) is 13.2 Å². The minimum Gasteiger partial charge on any atom is -0.394 e. The molecule has 0 saturated heterocycles. The summed E-state index contributed by atoms with van der Waals surface area (Å²) in [7, 11) is 0. The molecule has 0 saturated carbocycles. The van der Waals surface area contributed by atoms with Crippen LogP contribution >= 0.6 is 0 Å². The van der Waals surface area contributed by atoms with E-state index in [0.29, 0.717) is 13.2 Å². The molecule has 8 heavy (non-hydrogen) atoms. The number of hydrogen-bond donors (Lipinski definition) is 3. The van der Waals surface area contributed by atoms with Gasteiger partial charge in [-0.3, -0.25) is 11.7 Å². The first-order chi connectivity index (χ1) is 3.91. The van der Waals surface area contributed by atoms with Crippen LogP contribution < -0.4 is 11.7 Å². The summed E-state index contributed by atoms with van der Waals surface area (Å²) in [5, 5.41) is 8.07. The Morgan fingerprint density at radius 2 is 2.00 bits per heavy atom. The maximum atomic E-state index is 8.07. The largest absolute Gasteiger partial charge is 0.394 e. The molecule has 0 radical (unpaired) electrons. The van der Waals surface area contributed by atoms with E-state index < -0.39 is 0 Å². The second kappa shape index (κ2) is 15.8. The molecule has 0 aliphatic rings. The number of nitrogens with two attached hydrogens (primary N) is 2. The van der Waals surface area contributed by atoms with Crippen molar-refractivity contribution in [2.45, 2.75) is 6.92 Å². The van der Waals surface area contributed by atoms with Crippen molar-refractivity contribution in [3.05, 3.63) is 0 Å². The fourth-order valence-electron chi connectivity index (χ4n) is 0.209. The normalized spacial score (nSPS) is 7.50. The smallest absolute Gasteiger partial charge is 0.0697 e. The lowest BCUT2D eigenvalue weighted by atomic mass is 10.8. The molecule has 0 spiro atoms. The summed E-state index contributed by atoms with van der Waals surface area (Å²) in [5.74, 6) is 8.00. The highest BCUT2D eigenvalue weighted by Crippen LogP contribution is 1.66. The number of hydrazine groups is 1. The third-order valence-electron chi connectivity index (χ3n) is 0.440. The Hall–Kier alpha value is -0.160. The lowest BCUT2D eigenvalue weighted by Gasteiger charge is -1.91. The molecule has 52 valence electrons. The van der Waals surface area contributed by atoms with Crippen LogP contribution in [0, 0.1) is 0 Å². The summed E-state index contributed by atoms with van der Waals surface area (Å²) >= 11 is 0. The lowest BCUT2D eigenvalue weighted by molar-refractivity contribution is 0.102. The molecule has 0 aromatic heterocycles. The van der Waals surface area contributed by atoms with E-state index in [0.717, 1.165) is 0 Å². The van der Waals surface area contributed by atoms with Crippen LogP contribution in [0.1, 0.15) is 6.92 Å². The van der Waals surface area contributed by atoms with Gasteiger partial charge in [-0.1, -0.05) is 0 Å². The molecule has 0 aromatic carbocycles. The van der Waals surface area contributed by atoms with Crippen LogP contribution in [0.15, 0.2) is 0 Å². The van der Waals surface area contributed by atoms with E-state index >= 15 is 0 Å². The Kier molecular flexibility index (Phi) is 21.3. The monoisotopic (exact) mass is 122 g/mol. The second-order valence-corrected chi connectivity index (χ2v) is 0.921. The quantitative estimate of drug-likeness (QED) is 0.250. The van der Waals surface area contributed by atoms with Crippen molar-refractivity contribution in [3.8, 4) is 0 Å². The highest BCUT2D eigenvalue weighted by Gasteiger charge is 1.73. The standard InChI is InChI=1S/C4H10O2.H4N2/c1-2-6-4-3-5;1-2/h5H,2-4H2,1H3;1-2H2. The van der Waals surface area contributed by atoms with Crippen molar-refractivity contribution in [1.82, 2.24) is 0 Å². The summed E-state index contributed by atoms with van der Waals surface area (Å²) < 4.78 is 4.73. The van der Waals surface area contributed by atoms with Gasteiger partial charge in [0.25, 0.3) is 0 Å². The summed E-state index contributed by atoms with van der Waals surface area (Å²) in [6, 6.07) is 0. The minimum atomic E-state index is 0.133. The van der Waals surface area contributed by atoms with Crippen molar-refractivity contribution in [1.29, 1.82) is 0 Å². The first-order valence-corrected chi connectivity index (χ1v) is 2.43. The maximum absolute atomic E-state index is 8.07. The number of rotatable bonds is 3. The average molecular weight is 122 g/mol. The van der Waals surface area contributed by atoms with Crippen LogP contribution in [0.4, 0.5) is 0 Å². The fourth-order valence-corrected chi connectivity index (χ4v) is 0.209. The molecular weight excluding hydrogens is 108 g/mol.